The molecule has 0 aliphatic carbocycles. The smallest absolute Gasteiger partial charge is 0.0585 e. The summed E-state index contributed by atoms with van der Waals surface area (Å²) in [7, 11) is 0. The third-order valence-corrected chi connectivity index (χ3v) is 5.18. The molecule has 0 heterocycles. The highest BCUT2D eigenvalue weighted by Gasteiger charge is 2.13. The maximum absolute atomic E-state index is 9.13. The molecular weight excluding hydrogens is 294 g/mol. The van der Waals surface area contributed by atoms with E-state index in [1.165, 1.54) is 89.9 Å². The van der Waals surface area contributed by atoms with Gasteiger partial charge in [0.25, 0.3) is 0 Å². The van der Waals surface area contributed by atoms with Crippen molar-refractivity contribution in [3.63, 3.8) is 0 Å². The van der Waals surface area contributed by atoms with Crippen LogP contribution >= 0.6 is 0 Å². The highest BCUT2D eigenvalue weighted by Crippen LogP contribution is 2.17. The Bertz CT molecular complexity index is 265. The van der Waals surface area contributed by atoms with Gasteiger partial charge in [-0.05, 0) is 38.0 Å². The minimum Gasteiger partial charge on any atom is -0.395 e. The Morgan fingerprint density at radius 2 is 1.25 bits per heavy atom. The summed E-state index contributed by atoms with van der Waals surface area (Å²) in [5, 5.41) is 9.13. The van der Waals surface area contributed by atoms with E-state index < -0.39 is 0 Å². The number of hydrogen-bond donors (Lipinski definition) is 2. The van der Waals surface area contributed by atoms with Gasteiger partial charge in [0.05, 0.1) is 6.61 Å². The summed E-state index contributed by atoms with van der Waals surface area (Å²) in [5.74, 6) is 0.500. The van der Waals surface area contributed by atoms with Gasteiger partial charge in [0.2, 0.25) is 0 Å². The summed E-state index contributed by atoms with van der Waals surface area (Å²) >= 11 is 0. The molecule has 0 spiro atoms. The average Bonchev–Trinajstić information content (AvgIpc) is 2.61. The molecule has 0 radical (unpaired) electrons. The van der Waals surface area contributed by atoms with E-state index in [0.717, 1.165) is 6.42 Å². The molecule has 2 atom stereocenters. The molecule has 144 valence electrons. The number of rotatable bonds is 18. The second kappa shape index (κ2) is 19.0. The fourth-order valence-electron chi connectivity index (χ4n) is 3.35. The van der Waals surface area contributed by atoms with Gasteiger partial charge in [0.15, 0.2) is 0 Å². The van der Waals surface area contributed by atoms with E-state index in [9.17, 15) is 0 Å². The monoisotopic (exact) mass is 339 g/mol. The van der Waals surface area contributed by atoms with E-state index in [0.29, 0.717) is 5.92 Å². The van der Waals surface area contributed by atoms with Crippen LogP contribution in [0.4, 0.5) is 0 Å². The fourth-order valence-corrected chi connectivity index (χ4v) is 3.35. The van der Waals surface area contributed by atoms with E-state index in [4.69, 9.17) is 10.8 Å². The molecule has 0 rings (SSSR count). The van der Waals surface area contributed by atoms with E-state index in [1.54, 1.807) is 0 Å². The van der Waals surface area contributed by atoms with Gasteiger partial charge in [-0.1, -0.05) is 90.2 Å². The Balaban J connectivity index is 3.28. The summed E-state index contributed by atoms with van der Waals surface area (Å²) in [4.78, 5) is 0. The van der Waals surface area contributed by atoms with Gasteiger partial charge >= 0.3 is 0 Å². The zero-order valence-corrected chi connectivity index (χ0v) is 16.6. The van der Waals surface area contributed by atoms with E-state index in [-0.39, 0.29) is 12.6 Å². The van der Waals surface area contributed by atoms with E-state index in [1.807, 2.05) is 0 Å². The molecule has 0 saturated heterocycles. The average molecular weight is 340 g/mol. The molecule has 2 heteroatoms. The quantitative estimate of drug-likeness (QED) is 0.225. The lowest BCUT2D eigenvalue weighted by Crippen LogP contribution is -2.33. The van der Waals surface area contributed by atoms with Gasteiger partial charge < -0.3 is 10.8 Å². The number of nitrogens with two attached hydrogens (primary N) is 1. The normalized spacial score (nSPS) is 14.3. The first-order valence-electron chi connectivity index (χ1n) is 10.8. The summed E-state index contributed by atoms with van der Waals surface area (Å²) in [6.07, 6.45) is 24.5. The van der Waals surface area contributed by atoms with Crippen LogP contribution < -0.4 is 5.73 Å². The van der Waals surface area contributed by atoms with Crippen molar-refractivity contribution >= 4 is 0 Å². The first kappa shape index (κ1) is 23.7. The van der Waals surface area contributed by atoms with Crippen molar-refractivity contribution in [3.8, 4) is 0 Å². The standard InChI is InChI=1S/C22H45NO/c1-3-5-6-7-8-9-10-11-12-13-14-15-16-17-18-19-21(4-2)22(23)20-24/h11-12,21-22,24H,3-10,13-20,23H2,1-2H3/b12-11-. The minimum absolute atomic E-state index is 0.0215. The van der Waals surface area contributed by atoms with Crippen molar-refractivity contribution in [1.29, 1.82) is 0 Å². The maximum Gasteiger partial charge on any atom is 0.0585 e. The van der Waals surface area contributed by atoms with Crippen LogP contribution in [0.5, 0.6) is 0 Å². The van der Waals surface area contributed by atoms with Crippen LogP contribution in [-0.2, 0) is 0 Å². The van der Waals surface area contributed by atoms with Crippen molar-refractivity contribution < 1.29 is 5.11 Å². The van der Waals surface area contributed by atoms with Crippen molar-refractivity contribution in [2.75, 3.05) is 6.61 Å². The number of aliphatic hydroxyl groups is 1. The van der Waals surface area contributed by atoms with Gasteiger partial charge in [-0.2, -0.15) is 0 Å². The van der Waals surface area contributed by atoms with Crippen molar-refractivity contribution in [3.05, 3.63) is 12.2 Å². The molecule has 2 unspecified atom stereocenters. The molecule has 0 aromatic rings. The summed E-state index contributed by atoms with van der Waals surface area (Å²) in [5.41, 5.74) is 5.93. The molecule has 0 aliphatic heterocycles. The van der Waals surface area contributed by atoms with Crippen molar-refractivity contribution in [1.82, 2.24) is 0 Å². The Morgan fingerprint density at radius 1 is 0.750 bits per heavy atom. The van der Waals surface area contributed by atoms with Gasteiger partial charge in [-0.3, -0.25) is 0 Å². The molecule has 0 aromatic heterocycles. The lowest BCUT2D eigenvalue weighted by molar-refractivity contribution is 0.215. The van der Waals surface area contributed by atoms with Crippen LogP contribution in [0.2, 0.25) is 0 Å². The molecule has 0 fully saturated rings. The summed E-state index contributed by atoms with van der Waals surface area (Å²) in [6.45, 7) is 4.58. The van der Waals surface area contributed by atoms with Gasteiger partial charge in [-0.25, -0.2) is 0 Å². The molecular formula is C22H45NO. The minimum atomic E-state index is -0.0215. The highest BCUT2D eigenvalue weighted by molar-refractivity contribution is 4.81. The molecule has 0 bridgehead atoms. The summed E-state index contributed by atoms with van der Waals surface area (Å²) < 4.78 is 0. The van der Waals surface area contributed by atoms with Crippen LogP contribution in [0.25, 0.3) is 0 Å². The molecule has 0 aliphatic rings. The number of hydrogen-bond acceptors (Lipinski definition) is 2. The fraction of sp³-hybridized carbons (Fsp3) is 0.909. The SMILES string of the molecule is CCCCCCCC/C=C\CCCCCCCC(CC)C(N)CO. The summed E-state index contributed by atoms with van der Waals surface area (Å²) in [6, 6.07) is -0.0215. The third-order valence-electron chi connectivity index (χ3n) is 5.18. The van der Waals surface area contributed by atoms with E-state index >= 15 is 0 Å². The lowest BCUT2D eigenvalue weighted by atomic mass is 9.91. The molecule has 2 nitrogen and oxygen atoms in total. The van der Waals surface area contributed by atoms with Crippen LogP contribution in [0.1, 0.15) is 110 Å². The topological polar surface area (TPSA) is 46.2 Å². The first-order chi connectivity index (χ1) is 11.8. The zero-order chi connectivity index (χ0) is 17.9. The highest BCUT2D eigenvalue weighted by atomic mass is 16.3. The van der Waals surface area contributed by atoms with Crippen molar-refractivity contribution in [2.24, 2.45) is 11.7 Å². The zero-order valence-electron chi connectivity index (χ0n) is 16.6. The Hall–Kier alpha value is -0.340. The second-order valence-electron chi connectivity index (χ2n) is 7.39. The van der Waals surface area contributed by atoms with Crippen LogP contribution in [0, 0.1) is 5.92 Å². The van der Waals surface area contributed by atoms with E-state index in [2.05, 4.69) is 26.0 Å². The number of allylic oxidation sites excluding steroid dienone is 2. The van der Waals surface area contributed by atoms with Crippen LogP contribution in [-0.4, -0.2) is 17.8 Å². The maximum atomic E-state index is 9.13. The number of aliphatic hydroxyl groups excluding tert-OH is 1. The first-order valence-corrected chi connectivity index (χ1v) is 10.8. The molecule has 0 aromatic carbocycles. The molecule has 0 amide bonds. The molecule has 24 heavy (non-hydrogen) atoms. The van der Waals surface area contributed by atoms with Crippen LogP contribution in [0.3, 0.4) is 0 Å². The Labute approximate surface area is 152 Å². The lowest BCUT2D eigenvalue weighted by Gasteiger charge is -2.20. The molecule has 3 N–H and O–H groups in total. The molecule has 0 saturated carbocycles. The second-order valence-corrected chi connectivity index (χ2v) is 7.39. The van der Waals surface area contributed by atoms with Crippen LogP contribution in [0.15, 0.2) is 12.2 Å². The van der Waals surface area contributed by atoms with Gasteiger partial charge in [-0.15, -0.1) is 0 Å². The van der Waals surface area contributed by atoms with Crippen molar-refractivity contribution in [2.45, 2.75) is 116 Å². The van der Waals surface area contributed by atoms with Gasteiger partial charge in [0, 0.05) is 6.04 Å². The Morgan fingerprint density at radius 3 is 1.75 bits per heavy atom. The predicted octanol–water partition coefficient (Wildman–Crippen LogP) is 6.37. The number of unbranched alkanes of at least 4 members (excludes halogenated alkanes) is 11. The van der Waals surface area contributed by atoms with Gasteiger partial charge in [0.1, 0.15) is 0 Å². The predicted molar refractivity (Wildman–Crippen MR) is 108 cm³/mol. The Kier molecular flexibility index (Phi) is 18.7. The largest absolute Gasteiger partial charge is 0.395 e. The third kappa shape index (κ3) is 15.2.